The summed E-state index contributed by atoms with van der Waals surface area (Å²) in [6.07, 6.45) is 1.50. The Bertz CT molecular complexity index is 317. The predicted molar refractivity (Wildman–Crippen MR) is 56.7 cm³/mol. The lowest BCUT2D eigenvalue weighted by atomic mass is 10.2. The zero-order chi connectivity index (χ0) is 9.97. The Balaban J connectivity index is 2.14. The molecule has 0 unspecified atom stereocenters. The number of nitrogens with one attached hydrogen (secondary N) is 1. The van der Waals surface area contributed by atoms with E-state index in [1.807, 2.05) is 0 Å². The van der Waals surface area contributed by atoms with E-state index >= 15 is 0 Å². The van der Waals surface area contributed by atoms with Crippen LogP contribution in [0.15, 0.2) is 12.4 Å². The number of nitrogens with zero attached hydrogens (tertiary/aromatic N) is 3. The predicted octanol–water partition coefficient (Wildman–Crippen LogP) is 0.928. The lowest BCUT2D eigenvalue weighted by Gasteiger charge is -2.32. The van der Waals surface area contributed by atoms with E-state index in [0.717, 1.165) is 25.5 Å². The van der Waals surface area contributed by atoms with Gasteiger partial charge in [0.25, 0.3) is 0 Å². The monoisotopic (exact) mass is 212 g/mol. The molecule has 1 atom stereocenters. The van der Waals surface area contributed by atoms with Gasteiger partial charge in [0.15, 0.2) is 0 Å². The van der Waals surface area contributed by atoms with Gasteiger partial charge in [-0.15, -0.1) is 0 Å². The number of halogens is 1. The van der Waals surface area contributed by atoms with Crippen molar-refractivity contribution in [2.75, 3.05) is 24.5 Å². The van der Waals surface area contributed by atoms with Crippen molar-refractivity contribution in [1.29, 1.82) is 0 Å². The zero-order valence-corrected chi connectivity index (χ0v) is 8.83. The molecule has 1 aliphatic heterocycles. The molecule has 0 bridgehead atoms. The second-order valence-electron chi connectivity index (χ2n) is 3.50. The van der Waals surface area contributed by atoms with E-state index in [9.17, 15) is 0 Å². The van der Waals surface area contributed by atoms with Crippen molar-refractivity contribution in [3.63, 3.8) is 0 Å². The van der Waals surface area contributed by atoms with E-state index in [2.05, 4.69) is 27.1 Å². The molecule has 1 saturated heterocycles. The number of piperazine rings is 1. The molecule has 0 radical (unpaired) electrons. The van der Waals surface area contributed by atoms with Crippen molar-refractivity contribution in [3.05, 3.63) is 17.5 Å². The topological polar surface area (TPSA) is 41.1 Å². The fraction of sp³-hybridized carbons (Fsp3) is 0.556. The minimum Gasteiger partial charge on any atom is -0.354 e. The number of hydrogen-bond acceptors (Lipinski definition) is 4. The molecule has 14 heavy (non-hydrogen) atoms. The Morgan fingerprint density at radius 1 is 1.57 bits per heavy atom. The van der Waals surface area contributed by atoms with E-state index in [1.165, 1.54) is 6.33 Å². The lowest BCUT2D eigenvalue weighted by Crippen LogP contribution is -2.49. The van der Waals surface area contributed by atoms with Crippen LogP contribution in [0.2, 0.25) is 5.15 Å². The number of aromatic nitrogens is 2. The van der Waals surface area contributed by atoms with Gasteiger partial charge in [-0.3, -0.25) is 0 Å². The molecule has 1 aliphatic rings. The number of anilines is 1. The first kappa shape index (κ1) is 9.68. The number of hydrogen-bond donors (Lipinski definition) is 1. The molecule has 76 valence electrons. The van der Waals surface area contributed by atoms with Gasteiger partial charge in [-0.05, 0) is 6.92 Å². The van der Waals surface area contributed by atoms with Crippen molar-refractivity contribution in [2.45, 2.75) is 13.0 Å². The minimum atomic E-state index is 0.498. The van der Waals surface area contributed by atoms with E-state index in [4.69, 9.17) is 11.6 Å². The fourth-order valence-corrected chi connectivity index (χ4v) is 1.78. The standard InChI is InChI=1S/C9H13ClN4/c1-7-5-14(3-2-11-7)9-4-8(10)12-6-13-9/h4,6-7,11H,2-3,5H2,1H3/t7-/m0/s1. The molecule has 4 nitrogen and oxygen atoms in total. The first-order chi connectivity index (χ1) is 6.75. The largest absolute Gasteiger partial charge is 0.354 e. The third-order valence-corrected chi connectivity index (χ3v) is 2.52. The van der Waals surface area contributed by atoms with Crippen LogP contribution in [0, 0.1) is 0 Å². The van der Waals surface area contributed by atoms with E-state index in [1.54, 1.807) is 6.07 Å². The summed E-state index contributed by atoms with van der Waals surface area (Å²) in [6.45, 7) is 5.09. The number of rotatable bonds is 1. The highest BCUT2D eigenvalue weighted by Crippen LogP contribution is 2.15. The molecule has 0 spiro atoms. The summed E-state index contributed by atoms with van der Waals surface area (Å²) in [6, 6.07) is 2.30. The maximum atomic E-state index is 5.81. The summed E-state index contributed by atoms with van der Waals surface area (Å²) in [5.41, 5.74) is 0. The molecule has 2 rings (SSSR count). The zero-order valence-electron chi connectivity index (χ0n) is 8.07. The summed E-state index contributed by atoms with van der Waals surface area (Å²) in [5.74, 6) is 0.915. The normalized spacial score (nSPS) is 22.4. The van der Waals surface area contributed by atoms with Gasteiger partial charge in [0.2, 0.25) is 0 Å². The van der Waals surface area contributed by atoms with Crippen molar-refractivity contribution < 1.29 is 0 Å². The van der Waals surface area contributed by atoms with Crippen LogP contribution in [0.3, 0.4) is 0 Å². The smallest absolute Gasteiger partial charge is 0.134 e. The molecule has 0 amide bonds. The average Bonchev–Trinajstić information content (AvgIpc) is 2.18. The van der Waals surface area contributed by atoms with Gasteiger partial charge in [-0.1, -0.05) is 11.6 Å². The summed E-state index contributed by atoms with van der Waals surface area (Å²) in [4.78, 5) is 10.3. The molecule has 2 heterocycles. The van der Waals surface area contributed by atoms with Gasteiger partial charge in [-0.25, -0.2) is 9.97 Å². The van der Waals surface area contributed by atoms with Gasteiger partial charge >= 0.3 is 0 Å². The highest BCUT2D eigenvalue weighted by Gasteiger charge is 2.16. The van der Waals surface area contributed by atoms with Crippen LogP contribution in [-0.2, 0) is 0 Å². The third-order valence-electron chi connectivity index (χ3n) is 2.31. The Labute approximate surface area is 88.3 Å². The molecule has 0 aliphatic carbocycles. The first-order valence-electron chi connectivity index (χ1n) is 4.71. The quantitative estimate of drug-likeness (QED) is 0.704. The summed E-state index contributed by atoms with van der Waals surface area (Å²) < 4.78 is 0. The molecule has 1 N–H and O–H groups in total. The molecular formula is C9H13ClN4. The van der Waals surface area contributed by atoms with Crippen molar-refractivity contribution in [2.24, 2.45) is 0 Å². The fourth-order valence-electron chi connectivity index (χ4n) is 1.64. The molecule has 1 aromatic rings. The molecule has 1 fully saturated rings. The Kier molecular flexibility index (Phi) is 2.84. The van der Waals surface area contributed by atoms with E-state index < -0.39 is 0 Å². The van der Waals surface area contributed by atoms with Gasteiger partial charge in [-0.2, -0.15) is 0 Å². The van der Waals surface area contributed by atoms with Gasteiger partial charge < -0.3 is 10.2 Å². The van der Waals surface area contributed by atoms with Crippen LogP contribution in [0.4, 0.5) is 5.82 Å². The lowest BCUT2D eigenvalue weighted by molar-refractivity contribution is 0.482. The van der Waals surface area contributed by atoms with Gasteiger partial charge in [0.05, 0.1) is 0 Å². The minimum absolute atomic E-state index is 0.498. The van der Waals surface area contributed by atoms with Gasteiger partial charge in [0, 0.05) is 31.7 Å². The maximum Gasteiger partial charge on any atom is 0.134 e. The third kappa shape index (κ3) is 2.13. The second-order valence-corrected chi connectivity index (χ2v) is 3.89. The van der Waals surface area contributed by atoms with Crippen molar-refractivity contribution in [1.82, 2.24) is 15.3 Å². The highest BCUT2D eigenvalue weighted by atomic mass is 35.5. The average molecular weight is 213 g/mol. The van der Waals surface area contributed by atoms with Crippen LogP contribution in [0.25, 0.3) is 0 Å². The first-order valence-corrected chi connectivity index (χ1v) is 5.09. The van der Waals surface area contributed by atoms with Crippen LogP contribution in [-0.4, -0.2) is 35.6 Å². The summed E-state index contributed by atoms with van der Waals surface area (Å²) in [5, 5.41) is 3.88. The van der Waals surface area contributed by atoms with Gasteiger partial charge in [0.1, 0.15) is 17.3 Å². The molecule has 1 aromatic heterocycles. The SMILES string of the molecule is C[C@H]1CN(c2cc(Cl)ncn2)CCN1. The Morgan fingerprint density at radius 2 is 2.43 bits per heavy atom. The Morgan fingerprint density at radius 3 is 3.14 bits per heavy atom. The summed E-state index contributed by atoms with van der Waals surface area (Å²) >= 11 is 5.81. The second kappa shape index (κ2) is 4.11. The van der Waals surface area contributed by atoms with Crippen LogP contribution in [0.1, 0.15) is 6.92 Å². The van der Waals surface area contributed by atoms with Crippen molar-refractivity contribution >= 4 is 17.4 Å². The molecule has 5 heteroatoms. The van der Waals surface area contributed by atoms with Crippen LogP contribution < -0.4 is 10.2 Å². The Hall–Kier alpha value is -0.870. The molecule has 0 aromatic carbocycles. The molecule has 0 saturated carbocycles. The van der Waals surface area contributed by atoms with Crippen LogP contribution in [0.5, 0.6) is 0 Å². The summed E-state index contributed by atoms with van der Waals surface area (Å²) in [7, 11) is 0. The molecular weight excluding hydrogens is 200 g/mol. The van der Waals surface area contributed by atoms with Crippen LogP contribution >= 0.6 is 11.6 Å². The maximum absolute atomic E-state index is 5.81. The highest BCUT2D eigenvalue weighted by molar-refractivity contribution is 6.29. The van der Waals surface area contributed by atoms with Crippen molar-refractivity contribution in [3.8, 4) is 0 Å². The van der Waals surface area contributed by atoms with E-state index in [0.29, 0.717) is 11.2 Å². The van der Waals surface area contributed by atoms with E-state index in [-0.39, 0.29) is 0 Å².